The van der Waals surface area contributed by atoms with Crippen molar-refractivity contribution in [3.63, 3.8) is 0 Å². The highest BCUT2D eigenvalue weighted by molar-refractivity contribution is 7.09. The van der Waals surface area contributed by atoms with E-state index in [1.165, 1.54) is 30.6 Å². The average molecular weight is 198 g/mol. The molecular weight excluding hydrogens is 180 g/mol. The largest absolute Gasteiger partial charge is 0.376 e. The minimum absolute atomic E-state index is 0.795. The zero-order valence-electron chi connectivity index (χ0n) is 8.29. The van der Waals surface area contributed by atoms with E-state index < -0.39 is 0 Å². The van der Waals surface area contributed by atoms with Crippen LogP contribution >= 0.6 is 11.3 Å². The first-order valence-corrected chi connectivity index (χ1v) is 5.91. The fourth-order valence-electron chi connectivity index (χ4n) is 1.20. The molecule has 0 aliphatic carbocycles. The molecule has 0 spiro atoms. The van der Waals surface area contributed by atoms with Crippen molar-refractivity contribution in [3.8, 4) is 0 Å². The molecule has 1 rings (SSSR count). The zero-order chi connectivity index (χ0) is 9.36. The lowest BCUT2D eigenvalue weighted by Gasteiger charge is -2.01. The highest BCUT2D eigenvalue weighted by Gasteiger charge is 1.93. The molecular formula is C11H18OS. The molecule has 0 unspecified atom stereocenters. The predicted octanol–water partition coefficient (Wildman–Crippen LogP) is 3.85. The molecule has 0 fully saturated rings. The summed E-state index contributed by atoms with van der Waals surface area (Å²) in [7, 11) is 0. The van der Waals surface area contributed by atoms with Crippen LogP contribution in [0.2, 0.25) is 0 Å². The summed E-state index contributed by atoms with van der Waals surface area (Å²) in [6.45, 7) is 3.94. The summed E-state index contributed by atoms with van der Waals surface area (Å²) in [5.74, 6) is 0. The molecule has 1 heterocycles. The molecule has 13 heavy (non-hydrogen) atoms. The standard InChI is InChI=1S/C11H18OS/c1-2-3-4-5-8-12-10-11-7-6-9-13-11/h6-7,9H,2-5,8,10H2,1H3. The van der Waals surface area contributed by atoms with Crippen LogP contribution in [0.1, 0.15) is 37.5 Å². The molecule has 0 aromatic carbocycles. The van der Waals surface area contributed by atoms with Gasteiger partial charge in [-0.05, 0) is 17.9 Å². The van der Waals surface area contributed by atoms with Crippen LogP contribution in [0, 0.1) is 0 Å². The van der Waals surface area contributed by atoms with E-state index in [-0.39, 0.29) is 0 Å². The Morgan fingerprint density at radius 3 is 2.92 bits per heavy atom. The maximum absolute atomic E-state index is 5.54. The molecule has 0 radical (unpaired) electrons. The molecule has 0 atom stereocenters. The number of rotatable bonds is 7. The minimum Gasteiger partial charge on any atom is -0.376 e. The van der Waals surface area contributed by atoms with Crippen LogP contribution in [-0.2, 0) is 11.3 Å². The summed E-state index contributed by atoms with van der Waals surface area (Å²) >= 11 is 1.77. The van der Waals surface area contributed by atoms with E-state index in [1.807, 2.05) is 0 Å². The Labute approximate surface area is 84.7 Å². The van der Waals surface area contributed by atoms with Gasteiger partial charge in [-0.15, -0.1) is 11.3 Å². The van der Waals surface area contributed by atoms with Gasteiger partial charge in [-0.3, -0.25) is 0 Å². The van der Waals surface area contributed by atoms with Crippen molar-refractivity contribution in [1.82, 2.24) is 0 Å². The van der Waals surface area contributed by atoms with Gasteiger partial charge in [0.2, 0.25) is 0 Å². The van der Waals surface area contributed by atoms with E-state index in [4.69, 9.17) is 4.74 Å². The molecule has 0 saturated heterocycles. The number of ether oxygens (including phenoxy) is 1. The maximum atomic E-state index is 5.54. The second kappa shape index (κ2) is 7.10. The lowest BCUT2D eigenvalue weighted by Crippen LogP contribution is -1.93. The van der Waals surface area contributed by atoms with Crippen LogP contribution in [-0.4, -0.2) is 6.61 Å². The van der Waals surface area contributed by atoms with Crippen molar-refractivity contribution in [2.24, 2.45) is 0 Å². The highest BCUT2D eigenvalue weighted by atomic mass is 32.1. The monoisotopic (exact) mass is 198 g/mol. The van der Waals surface area contributed by atoms with Gasteiger partial charge in [0.15, 0.2) is 0 Å². The highest BCUT2D eigenvalue weighted by Crippen LogP contribution is 2.10. The van der Waals surface area contributed by atoms with Gasteiger partial charge in [-0.2, -0.15) is 0 Å². The minimum atomic E-state index is 0.795. The third kappa shape index (κ3) is 5.06. The number of hydrogen-bond acceptors (Lipinski definition) is 2. The normalized spacial score (nSPS) is 10.5. The van der Waals surface area contributed by atoms with Gasteiger partial charge in [0.05, 0.1) is 6.61 Å². The van der Waals surface area contributed by atoms with Crippen molar-refractivity contribution < 1.29 is 4.74 Å². The summed E-state index contributed by atoms with van der Waals surface area (Å²) in [6, 6.07) is 4.19. The molecule has 74 valence electrons. The average Bonchev–Trinajstić information content (AvgIpc) is 2.63. The van der Waals surface area contributed by atoms with Crippen molar-refractivity contribution in [1.29, 1.82) is 0 Å². The molecule has 0 N–H and O–H groups in total. The Hall–Kier alpha value is -0.340. The fraction of sp³-hybridized carbons (Fsp3) is 0.636. The summed E-state index contributed by atoms with van der Waals surface area (Å²) in [5, 5.41) is 2.09. The van der Waals surface area contributed by atoms with E-state index in [0.717, 1.165) is 13.2 Å². The van der Waals surface area contributed by atoms with Crippen LogP contribution in [0.15, 0.2) is 17.5 Å². The number of hydrogen-bond donors (Lipinski definition) is 0. The maximum Gasteiger partial charge on any atom is 0.0809 e. The molecule has 0 saturated carbocycles. The lowest BCUT2D eigenvalue weighted by molar-refractivity contribution is 0.119. The van der Waals surface area contributed by atoms with Gasteiger partial charge in [0, 0.05) is 11.5 Å². The van der Waals surface area contributed by atoms with Crippen molar-refractivity contribution in [2.45, 2.75) is 39.2 Å². The quantitative estimate of drug-likeness (QED) is 0.605. The van der Waals surface area contributed by atoms with Crippen LogP contribution < -0.4 is 0 Å². The smallest absolute Gasteiger partial charge is 0.0809 e. The first kappa shape index (κ1) is 10.7. The van der Waals surface area contributed by atoms with Crippen molar-refractivity contribution >= 4 is 11.3 Å². The first-order valence-electron chi connectivity index (χ1n) is 5.03. The third-order valence-electron chi connectivity index (χ3n) is 1.97. The topological polar surface area (TPSA) is 9.23 Å². The summed E-state index contributed by atoms with van der Waals surface area (Å²) < 4.78 is 5.54. The molecule has 1 aromatic heterocycles. The summed E-state index contributed by atoms with van der Waals surface area (Å²) in [4.78, 5) is 1.33. The summed E-state index contributed by atoms with van der Waals surface area (Å²) in [6.07, 6.45) is 5.15. The predicted molar refractivity (Wildman–Crippen MR) is 58.1 cm³/mol. The van der Waals surface area contributed by atoms with Gasteiger partial charge >= 0.3 is 0 Å². The van der Waals surface area contributed by atoms with Gasteiger partial charge in [0.1, 0.15) is 0 Å². The second-order valence-corrected chi connectivity index (χ2v) is 4.22. The molecule has 0 aliphatic heterocycles. The zero-order valence-corrected chi connectivity index (χ0v) is 9.11. The fourth-order valence-corrected chi connectivity index (χ4v) is 1.84. The number of unbranched alkanes of at least 4 members (excludes halogenated alkanes) is 3. The van der Waals surface area contributed by atoms with Gasteiger partial charge in [-0.1, -0.05) is 32.3 Å². The Morgan fingerprint density at radius 2 is 2.23 bits per heavy atom. The van der Waals surface area contributed by atoms with Crippen LogP contribution in [0.3, 0.4) is 0 Å². The van der Waals surface area contributed by atoms with Crippen LogP contribution in [0.4, 0.5) is 0 Å². The van der Waals surface area contributed by atoms with E-state index in [1.54, 1.807) is 11.3 Å². The Bertz CT molecular complexity index is 194. The second-order valence-electron chi connectivity index (χ2n) is 3.19. The van der Waals surface area contributed by atoms with E-state index in [2.05, 4.69) is 24.4 Å². The molecule has 1 aromatic rings. The molecule has 0 amide bonds. The summed E-state index contributed by atoms with van der Waals surface area (Å²) in [5.41, 5.74) is 0. The van der Waals surface area contributed by atoms with E-state index in [0.29, 0.717) is 0 Å². The van der Waals surface area contributed by atoms with Gasteiger partial charge in [0.25, 0.3) is 0 Å². The Balaban J connectivity index is 1.90. The van der Waals surface area contributed by atoms with Crippen molar-refractivity contribution in [2.75, 3.05) is 6.61 Å². The Morgan fingerprint density at radius 1 is 1.31 bits per heavy atom. The Kier molecular flexibility index (Phi) is 5.87. The van der Waals surface area contributed by atoms with Gasteiger partial charge in [-0.25, -0.2) is 0 Å². The first-order chi connectivity index (χ1) is 6.43. The van der Waals surface area contributed by atoms with E-state index >= 15 is 0 Å². The van der Waals surface area contributed by atoms with Crippen LogP contribution in [0.5, 0.6) is 0 Å². The molecule has 0 aliphatic rings. The van der Waals surface area contributed by atoms with Crippen molar-refractivity contribution in [3.05, 3.63) is 22.4 Å². The molecule has 2 heteroatoms. The lowest BCUT2D eigenvalue weighted by atomic mass is 10.2. The SMILES string of the molecule is CCCCCCOCc1cccs1. The number of thiophene rings is 1. The third-order valence-corrected chi connectivity index (χ3v) is 2.82. The van der Waals surface area contributed by atoms with Gasteiger partial charge < -0.3 is 4.74 Å². The molecule has 0 bridgehead atoms. The molecule has 1 nitrogen and oxygen atoms in total. The van der Waals surface area contributed by atoms with Crippen LogP contribution in [0.25, 0.3) is 0 Å². The van der Waals surface area contributed by atoms with E-state index in [9.17, 15) is 0 Å².